The number of rotatable bonds is 3. The van der Waals surface area contributed by atoms with Crippen LogP contribution in [-0.4, -0.2) is 13.3 Å². The predicted octanol–water partition coefficient (Wildman–Crippen LogP) is 3.62. The first kappa shape index (κ1) is 19.5. The zero-order valence-corrected chi connectivity index (χ0v) is 12.4. The van der Waals surface area contributed by atoms with Crippen molar-refractivity contribution in [2.75, 3.05) is 12.4 Å². The highest BCUT2D eigenvalue weighted by atomic mass is 19.4. The number of hydrogen-bond acceptors (Lipinski definition) is 4. The number of nitrogens with one attached hydrogen (secondary N) is 2. The van der Waals surface area contributed by atoms with Gasteiger partial charge in [0.15, 0.2) is 17.9 Å². The Bertz CT molecular complexity index is 687. The molecule has 0 aromatic heterocycles. The number of hydrogen-bond donors (Lipinski definition) is 3. The van der Waals surface area contributed by atoms with Gasteiger partial charge in [-0.05, 0) is 37.4 Å². The van der Waals surface area contributed by atoms with E-state index in [2.05, 4.69) is 16.6 Å². The van der Waals surface area contributed by atoms with Gasteiger partial charge in [-0.15, -0.1) is 0 Å². The summed E-state index contributed by atoms with van der Waals surface area (Å²) in [6.07, 6.45) is -4.15. The van der Waals surface area contributed by atoms with Gasteiger partial charge in [0.2, 0.25) is 0 Å². The van der Waals surface area contributed by atoms with Crippen molar-refractivity contribution in [1.82, 2.24) is 5.43 Å². The van der Waals surface area contributed by atoms with Crippen LogP contribution >= 0.6 is 0 Å². The Balaban J connectivity index is 0.000000891. The molecule has 0 spiro atoms. The summed E-state index contributed by atoms with van der Waals surface area (Å²) in [7, 11) is 1.65. The molecule has 0 aliphatic heterocycles. The first-order chi connectivity index (χ1) is 11.2. The maximum Gasteiger partial charge on any atom is 0.416 e. The van der Waals surface area contributed by atoms with E-state index in [1.54, 1.807) is 7.05 Å². The van der Waals surface area contributed by atoms with Crippen molar-refractivity contribution in [3.63, 3.8) is 0 Å². The number of anilines is 2. The lowest BCUT2D eigenvalue weighted by Crippen LogP contribution is -2.13. The zero-order chi connectivity index (χ0) is 18.3. The van der Waals surface area contributed by atoms with Crippen LogP contribution in [0.4, 0.5) is 33.3 Å². The van der Waals surface area contributed by atoms with E-state index in [0.717, 1.165) is 30.3 Å². The highest BCUT2D eigenvalue weighted by Crippen LogP contribution is 2.30. The second-order valence-electron chi connectivity index (χ2n) is 4.46. The Morgan fingerprint density at radius 1 is 1.04 bits per heavy atom. The molecule has 0 aliphatic carbocycles. The molecule has 0 fully saturated rings. The molecule has 0 unspecified atom stereocenters. The van der Waals surface area contributed by atoms with Crippen LogP contribution < -0.4 is 16.6 Å². The maximum atomic E-state index is 13.1. The standard InChI is InChI=1S/C14H8F5NO.CH6N2/c15-11-5-8(7-21)13(6-12(11)16)20-10-3-1-9(2-4-10)14(17,18)19;1-3-2/h1-7,20H;3H,2H2,1H3. The molecule has 4 nitrogen and oxygen atoms in total. The third-order valence-electron chi connectivity index (χ3n) is 2.71. The normalized spacial score (nSPS) is 10.6. The molecule has 2 aromatic rings. The summed E-state index contributed by atoms with van der Waals surface area (Å²) in [5.41, 5.74) is 1.43. The van der Waals surface area contributed by atoms with Crippen LogP contribution in [0.1, 0.15) is 15.9 Å². The van der Waals surface area contributed by atoms with Gasteiger partial charge in [-0.3, -0.25) is 16.1 Å². The smallest absolute Gasteiger partial charge is 0.355 e. The molecule has 0 heterocycles. The van der Waals surface area contributed by atoms with Crippen molar-refractivity contribution in [3.05, 3.63) is 59.2 Å². The predicted molar refractivity (Wildman–Crippen MR) is 79.7 cm³/mol. The average Bonchev–Trinajstić information content (AvgIpc) is 2.51. The fourth-order valence-electron chi connectivity index (χ4n) is 1.67. The Morgan fingerprint density at radius 3 is 2.00 bits per heavy atom. The minimum atomic E-state index is -4.46. The number of benzene rings is 2. The lowest BCUT2D eigenvalue weighted by atomic mass is 10.1. The van der Waals surface area contributed by atoms with Crippen LogP contribution in [0.2, 0.25) is 0 Å². The maximum absolute atomic E-state index is 13.1. The fraction of sp³-hybridized carbons (Fsp3) is 0.133. The number of nitrogens with two attached hydrogens (primary N) is 1. The summed E-state index contributed by atoms with van der Waals surface area (Å²) in [5, 5.41) is 2.56. The van der Waals surface area contributed by atoms with E-state index in [1.165, 1.54) is 0 Å². The number of carbonyl (C=O) groups is 1. The third-order valence-corrected chi connectivity index (χ3v) is 2.71. The van der Waals surface area contributed by atoms with Gasteiger partial charge >= 0.3 is 6.18 Å². The van der Waals surface area contributed by atoms with Crippen LogP contribution in [0, 0.1) is 11.6 Å². The Kier molecular flexibility index (Phi) is 6.81. The summed E-state index contributed by atoms with van der Waals surface area (Å²) in [4.78, 5) is 10.8. The van der Waals surface area contributed by atoms with Crippen molar-refractivity contribution in [2.24, 2.45) is 5.84 Å². The molecule has 0 bridgehead atoms. The van der Waals surface area contributed by atoms with E-state index in [4.69, 9.17) is 0 Å². The quantitative estimate of drug-likeness (QED) is 0.343. The molecular weight excluding hydrogens is 333 g/mol. The Hall–Kier alpha value is -2.52. The summed E-state index contributed by atoms with van der Waals surface area (Å²) in [5.74, 6) is 2.24. The number of halogens is 5. The number of carbonyl (C=O) groups excluding carboxylic acids is 1. The van der Waals surface area contributed by atoms with E-state index >= 15 is 0 Å². The van der Waals surface area contributed by atoms with Gasteiger partial charge < -0.3 is 5.32 Å². The monoisotopic (exact) mass is 347 g/mol. The van der Waals surface area contributed by atoms with Gasteiger partial charge in [-0.2, -0.15) is 13.2 Å². The molecule has 0 aliphatic rings. The second kappa shape index (κ2) is 8.37. The van der Waals surface area contributed by atoms with Crippen LogP contribution in [0.25, 0.3) is 0 Å². The highest BCUT2D eigenvalue weighted by molar-refractivity contribution is 5.86. The molecule has 130 valence electrons. The van der Waals surface area contributed by atoms with Crippen LogP contribution in [0.15, 0.2) is 36.4 Å². The molecular formula is C15H14F5N3O. The summed E-state index contributed by atoms with van der Waals surface area (Å²) < 4.78 is 63.3. The molecule has 0 radical (unpaired) electrons. The topological polar surface area (TPSA) is 67.1 Å². The zero-order valence-electron chi connectivity index (χ0n) is 12.4. The SMILES string of the molecule is CNN.O=Cc1cc(F)c(F)cc1Nc1ccc(C(F)(F)F)cc1. The third kappa shape index (κ3) is 5.28. The molecule has 2 aromatic carbocycles. The first-order valence-corrected chi connectivity index (χ1v) is 6.48. The average molecular weight is 347 g/mol. The van der Waals surface area contributed by atoms with Crippen LogP contribution in [0.3, 0.4) is 0 Å². The second-order valence-corrected chi connectivity index (χ2v) is 4.46. The molecule has 0 amide bonds. The largest absolute Gasteiger partial charge is 0.416 e. The van der Waals surface area contributed by atoms with Gasteiger partial charge in [-0.25, -0.2) is 8.78 Å². The Labute approximate surface area is 134 Å². The van der Waals surface area contributed by atoms with Gasteiger partial charge in [0, 0.05) is 17.3 Å². The molecule has 0 saturated heterocycles. The molecule has 0 atom stereocenters. The summed E-state index contributed by atoms with van der Waals surface area (Å²) in [6.45, 7) is 0. The summed E-state index contributed by atoms with van der Waals surface area (Å²) >= 11 is 0. The highest BCUT2D eigenvalue weighted by Gasteiger charge is 2.29. The van der Waals surface area contributed by atoms with E-state index in [0.29, 0.717) is 12.4 Å². The van der Waals surface area contributed by atoms with Gasteiger partial charge in [0.05, 0.1) is 11.3 Å². The van der Waals surface area contributed by atoms with Gasteiger partial charge in [0.25, 0.3) is 0 Å². The lowest BCUT2D eigenvalue weighted by Gasteiger charge is -2.11. The van der Waals surface area contributed by atoms with Crippen molar-refractivity contribution in [1.29, 1.82) is 0 Å². The van der Waals surface area contributed by atoms with E-state index in [9.17, 15) is 26.7 Å². The molecule has 0 saturated carbocycles. The van der Waals surface area contributed by atoms with Crippen LogP contribution in [-0.2, 0) is 6.18 Å². The Morgan fingerprint density at radius 2 is 1.54 bits per heavy atom. The molecule has 2 rings (SSSR count). The van der Waals surface area contributed by atoms with Crippen LogP contribution in [0.5, 0.6) is 0 Å². The van der Waals surface area contributed by atoms with Crippen molar-refractivity contribution in [2.45, 2.75) is 6.18 Å². The first-order valence-electron chi connectivity index (χ1n) is 6.48. The molecule has 4 N–H and O–H groups in total. The van der Waals surface area contributed by atoms with Crippen molar-refractivity contribution in [3.8, 4) is 0 Å². The lowest BCUT2D eigenvalue weighted by molar-refractivity contribution is -0.137. The number of alkyl halides is 3. The fourth-order valence-corrected chi connectivity index (χ4v) is 1.67. The molecule has 24 heavy (non-hydrogen) atoms. The van der Waals surface area contributed by atoms with Gasteiger partial charge in [-0.1, -0.05) is 0 Å². The van der Waals surface area contributed by atoms with E-state index in [-0.39, 0.29) is 16.9 Å². The molecule has 9 heteroatoms. The summed E-state index contributed by atoms with van der Waals surface area (Å²) in [6, 6.07) is 5.38. The van der Waals surface area contributed by atoms with Gasteiger partial charge in [0.1, 0.15) is 0 Å². The number of aldehydes is 1. The van der Waals surface area contributed by atoms with E-state index < -0.39 is 23.4 Å². The van der Waals surface area contributed by atoms with Crippen molar-refractivity contribution < 1.29 is 26.7 Å². The van der Waals surface area contributed by atoms with E-state index in [1.807, 2.05) is 0 Å². The van der Waals surface area contributed by atoms with Crippen molar-refractivity contribution >= 4 is 17.7 Å². The number of hydrazine groups is 1. The minimum Gasteiger partial charge on any atom is -0.355 e. The minimum absolute atomic E-state index is 0.0383.